The lowest BCUT2D eigenvalue weighted by molar-refractivity contribution is 0.455. The van der Waals surface area contributed by atoms with Crippen LogP contribution in [0, 0.1) is 6.92 Å². The summed E-state index contributed by atoms with van der Waals surface area (Å²) in [5.41, 5.74) is 2.55. The summed E-state index contributed by atoms with van der Waals surface area (Å²) < 4.78 is 16.8. The highest BCUT2D eigenvalue weighted by Gasteiger charge is 2.36. The number of hydrogen-bond donors (Lipinski definition) is 0. The Balaban J connectivity index is 3.37. The first-order chi connectivity index (χ1) is 9.19. The van der Waals surface area contributed by atoms with Gasteiger partial charge in [0.1, 0.15) is 0 Å². The van der Waals surface area contributed by atoms with Gasteiger partial charge in [-0.05, 0) is 47.2 Å². The Morgan fingerprint density at radius 1 is 0.950 bits per heavy atom. The molecule has 0 saturated carbocycles. The minimum atomic E-state index is -2.86. The van der Waals surface area contributed by atoms with E-state index in [2.05, 4.69) is 4.99 Å². The molecule has 0 radical (unpaired) electrons. The number of nitrogens with zero attached hydrogens (tertiary/aromatic N) is 4. The van der Waals surface area contributed by atoms with E-state index < -0.39 is 7.44 Å². The van der Waals surface area contributed by atoms with Crippen molar-refractivity contribution in [1.29, 1.82) is 0 Å². The summed E-state index contributed by atoms with van der Waals surface area (Å²) in [5.74, 6) is 0. The van der Waals surface area contributed by atoms with Gasteiger partial charge in [-0.3, -0.25) is 4.57 Å². The first-order valence-electron chi connectivity index (χ1n) is 6.48. The molecule has 0 amide bonds. The van der Waals surface area contributed by atoms with E-state index in [1.165, 1.54) is 5.56 Å². The third-order valence-electron chi connectivity index (χ3n) is 3.01. The Hall–Kier alpha value is -1.16. The predicted octanol–water partition coefficient (Wildman–Crippen LogP) is 2.86. The Morgan fingerprint density at radius 2 is 1.40 bits per heavy atom. The number of rotatable bonds is 4. The van der Waals surface area contributed by atoms with Crippen LogP contribution in [0.15, 0.2) is 29.3 Å². The summed E-state index contributed by atoms with van der Waals surface area (Å²) >= 11 is 0. The smallest absolute Gasteiger partial charge is 0.279 e. The van der Waals surface area contributed by atoms with E-state index in [1.54, 1.807) is 9.34 Å². The van der Waals surface area contributed by atoms with Crippen LogP contribution < -0.4 is 0 Å². The second-order valence-electron chi connectivity index (χ2n) is 5.38. The van der Waals surface area contributed by atoms with Gasteiger partial charge in [0.25, 0.3) is 7.44 Å². The summed E-state index contributed by atoms with van der Waals surface area (Å²) in [6.45, 7) is 2.03. The maximum atomic E-state index is 13.3. The van der Waals surface area contributed by atoms with Crippen molar-refractivity contribution in [3.05, 3.63) is 29.8 Å². The minimum absolute atomic E-state index is 0.566. The molecule has 0 heterocycles. The molecule has 0 atom stereocenters. The van der Waals surface area contributed by atoms with E-state index in [-0.39, 0.29) is 0 Å². The molecule has 0 spiro atoms. The van der Waals surface area contributed by atoms with Crippen molar-refractivity contribution in [2.24, 2.45) is 4.99 Å². The molecule has 0 unspecified atom stereocenters. The van der Waals surface area contributed by atoms with Gasteiger partial charge in [-0.25, -0.2) is 14.3 Å². The third-order valence-corrected chi connectivity index (χ3v) is 6.20. The van der Waals surface area contributed by atoms with Crippen LogP contribution in [0.5, 0.6) is 0 Å². The van der Waals surface area contributed by atoms with Crippen molar-refractivity contribution in [3.63, 3.8) is 0 Å². The second kappa shape index (κ2) is 6.53. The number of hydrogen-bond acceptors (Lipinski definition) is 2. The van der Waals surface area contributed by atoms with Crippen LogP contribution in [0.4, 0.5) is 5.69 Å². The van der Waals surface area contributed by atoms with Gasteiger partial charge >= 0.3 is 0 Å². The molecule has 112 valence electrons. The fraction of sp³-hybridized carbons (Fsp3) is 0.500. The van der Waals surface area contributed by atoms with Crippen molar-refractivity contribution >= 4 is 18.7 Å². The molecule has 0 bridgehead atoms. The quantitative estimate of drug-likeness (QED) is 0.486. The SMILES string of the molecule is Cc1ccc(N=C(N(C)C)P(=O)(N(C)C)N(C)C)cc1. The lowest BCUT2D eigenvalue weighted by Crippen LogP contribution is -2.34. The molecule has 0 aliphatic heterocycles. The summed E-state index contributed by atoms with van der Waals surface area (Å²) in [7, 11) is 8.13. The predicted molar refractivity (Wildman–Crippen MR) is 86.9 cm³/mol. The van der Waals surface area contributed by atoms with Crippen LogP contribution >= 0.6 is 7.44 Å². The van der Waals surface area contributed by atoms with Gasteiger partial charge in [-0.2, -0.15) is 0 Å². The van der Waals surface area contributed by atoms with Gasteiger partial charge in [0, 0.05) is 14.1 Å². The average molecular weight is 296 g/mol. The summed E-state index contributed by atoms with van der Waals surface area (Å²) in [6.07, 6.45) is 0. The number of aliphatic imine (C=N–C) groups is 1. The zero-order valence-corrected chi connectivity index (χ0v) is 14.3. The lowest BCUT2D eigenvalue weighted by atomic mass is 10.2. The largest absolute Gasteiger partial charge is 0.358 e. The van der Waals surface area contributed by atoms with Crippen LogP contribution in [0.2, 0.25) is 0 Å². The first kappa shape index (κ1) is 16.9. The molecular formula is C14H25N4OP. The summed E-state index contributed by atoms with van der Waals surface area (Å²) in [6, 6.07) is 7.88. The van der Waals surface area contributed by atoms with Crippen molar-refractivity contribution in [1.82, 2.24) is 14.2 Å². The Bertz CT molecular complexity index is 508. The van der Waals surface area contributed by atoms with Crippen LogP contribution in [0.25, 0.3) is 0 Å². The average Bonchev–Trinajstić information content (AvgIpc) is 2.36. The number of benzene rings is 1. The monoisotopic (exact) mass is 296 g/mol. The van der Waals surface area contributed by atoms with Crippen molar-refractivity contribution in [3.8, 4) is 0 Å². The standard InChI is InChI=1S/C14H25N4OP/c1-12-8-10-13(11-9-12)15-14(16(2)3)20(19,17(4)5)18(6)7/h8-11H,1-7H3. The normalized spacial score (nSPS) is 13.2. The van der Waals surface area contributed by atoms with Gasteiger partial charge in [-0.15, -0.1) is 0 Å². The first-order valence-corrected chi connectivity index (χ1v) is 8.09. The molecule has 0 aliphatic carbocycles. The van der Waals surface area contributed by atoms with Crippen LogP contribution in [0.1, 0.15) is 5.56 Å². The van der Waals surface area contributed by atoms with Gasteiger partial charge in [-0.1, -0.05) is 17.7 Å². The maximum Gasteiger partial charge on any atom is 0.279 e. The van der Waals surface area contributed by atoms with Gasteiger partial charge < -0.3 is 4.90 Å². The number of amidine groups is 1. The fourth-order valence-electron chi connectivity index (χ4n) is 1.88. The van der Waals surface area contributed by atoms with E-state index in [0.717, 1.165) is 5.69 Å². The molecule has 20 heavy (non-hydrogen) atoms. The van der Waals surface area contributed by atoms with Crippen LogP contribution in [-0.2, 0) is 4.57 Å². The summed E-state index contributed by atoms with van der Waals surface area (Å²) in [5, 5.41) is 0. The molecule has 0 aliphatic rings. The van der Waals surface area contributed by atoms with E-state index in [1.807, 2.05) is 78.4 Å². The molecule has 6 heteroatoms. The molecule has 1 aromatic rings. The van der Waals surface area contributed by atoms with Crippen molar-refractivity contribution in [2.75, 3.05) is 42.3 Å². The van der Waals surface area contributed by atoms with Gasteiger partial charge in [0.05, 0.1) is 5.69 Å². The molecule has 5 nitrogen and oxygen atoms in total. The van der Waals surface area contributed by atoms with Crippen LogP contribution in [0.3, 0.4) is 0 Å². The highest BCUT2D eigenvalue weighted by molar-refractivity contribution is 7.76. The van der Waals surface area contributed by atoms with E-state index in [9.17, 15) is 4.57 Å². The van der Waals surface area contributed by atoms with Gasteiger partial charge in [0.2, 0.25) is 0 Å². The van der Waals surface area contributed by atoms with E-state index >= 15 is 0 Å². The van der Waals surface area contributed by atoms with E-state index in [0.29, 0.717) is 5.58 Å². The highest BCUT2D eigenvalue weighted by Crippen LogP contribution is 2.52. The lowest BCUT2D eigenvalue weighted by Gasteiger charge is -2.34. The molecular weight excluding hydrogens is 271 g/mol. The third kappa shape index (κ3) is 3.48. The zero-order chi connectivity index (χ0) is 15.5. The van der Waals surface area contributed by atoms with Crippen molar-refractivity contribution in [2.45, 2.75) is 6.92 Å². The number of aryl methyl sites for hydroxylation is 1. The fourth-order valence-corrected chi connectivity index (χ4v) is 4.07. The maximum absolute atomic E-state index is 13.3. The molecule has 0 saturated heterocycles. The highest BCUT2D eigenvalue weighted by atomic mass is 31.2. The Labute approximate surface area is 122 Å². The van der Waals surface area contributed by atoms with Crippen molar-refractivity contribution < 1.29 is 4.57 Å². The Kier molecular flexibility index (Phi) is 5.51. The summed E-state index contributed by atoms with van der Waals surface area (Å²) in [4.78, 5) is 6.43. The molecule has 0 N–H and O–H groups in total. The second-order valence-corrected chi connectivity index (χ2v) is 8.47. The zero-order valence-electron chi connectivity index (χ0n) is 13.5. The van der Waals surface area contributed by atoms with Gasteiger partial charge in [0.15, 0.2) is 5.58 Å². The minimum Gasteiger partial charge on any atom is -0.358 e. The topological polar surface area (TPSA) is 39.2 Å². The molecule has 1 rings (SSSR count). The molecule has 0 aromatic heterocycles. The van der Waals surface area contributed by atoms with Crippen LogP contribution in [-0.4, -0.2) is 62.1 Å². The molecule has 1 aromatic carbocycles. The Morgan fingerprint density at radius 3 is 1.75 bits per heavy atom. The van der Waals surface area contributed by atoms with E-state index in [4.69, 9.17) is 0 Å². The molecule has 0 fully saturated rings.